The number of ether oxygens (including phenoxy) is 1. The number of halogens is 1. The zero-order chi connectivity index (χ0) is 15.2. The van der Waals surface area contributed by atoms with E-state index in [0.717, 1.165) is 17.3 Å². The lowest BCUT2D eigenvalue weighted by molar-refractivity contribution is 0.242. The fourth-order valence-electron chi connectivity index (χ4n) is 2.33. The van der Waals surface area contributed by atoms with Gasteiger partial charge in [0.1, 0.15) is 5.75 Å². The minimum absolute atomic E-state index is 0.142. The van der Waals surface area contributed by atoms with E-state index in [4.69, 9.17) is 16.3 Å². The van der Waals surface area contributed by atoms with Crippen LogP contribution in [0, 0.1) is 0 Å². The van der Waals surface area contributed by atoms with Gasteiger partial charge in [0, 0.05) is 5.02 Å². The van der Waals surface area contributed by atoms with Crippen LogP contribution in [0.25, 0.3) is 0 Å². The van der Waals surface area contributed by atoms with Gasteiger partial charge < -0.3 is 10.1 Å². The second-order valence-electron chi connectivity index (χ2n) is 5.28. The molecule has 0 fully saturated rings. The third kappa shape index (κ3) is 4.48. The highest BCUT2D eigenvalue weighted by molar-refractivity contribution is 6.30. The van der Waals surface area contributed by atoms with Crippen molar-refractivity contribution in [2.45, 2.75) is 32.9 Å². The Kier molecular flexibility index (Phi) is 5.66. The Labute approximate surface area is 132 Å². The lowest BCUT2D eigenvalue weighted by Crippen LogP contribution is -2.22. The molecule has 0 saturated carbocycles. The van der Waals surface area contributed by atoms with Gasteiger partial charge in [0.05, 0.1) is 12.1 Å². The lowest BCUT2D eigenvalue weighted by Gasteiger charge is -2.20. The molecular formula is C18H22ClNO. The molecule has 2 aromatic rings. The van der Waals surface area contributed by atoms with Crippen LogP contribution in [0.15, 0.2) is 48.5 Å². The van der Waals surface area contributed by atoms with Crippen molar-refractivity contribution in [1.82, 2.24) is 5.32 Å². The molecule has 112 valence electrons. The van der Waals surface area contributed by atoms with Crippen molar-refractivity contribution in [3.8, 4) is 5.75 Å². The van der Waals surface area contributed by atoms with Gasteiger partial charge in [-0.05, 0) is 55.8 Å². The summed E-state index contributed by atoms with van der Waals surface area (Å²) in [5.74, 6) is 0.902. The van der Waals surface area contributed by atoms with Crippen molar-refractivity contribution in [2.75, 3.05) is 6.54 Å². The van der Waals surface area contributed by atoms with Crippen LogP contribution in [0.4, 0.5) is 0 Å². The third-order valence-corrected chi connectivity index (χ3v) is 3.43. The van der Waals surface area contributed by atoms with Gasteiger partial charge in [0.2, 0.25) is 0 Å². The maximum Gasteiger partial charge on any atom is 0.120 e. The van der Waals surface area contributed by atoms with Gasteiger partial charge in [0.15, 0.2) is 0 Å². The Hall–Kier alpha value is -1.51. The molecule has 1 N–H and O–H groups in total. The first-order valence-corrected chi connectivity index (χ1v) is 7.73. The molecule has 0 aromatic heterocycles. The van der Waals surface area contributed by atoms with E-state index in [9.17, 15) is 0 Å². The largest absolute Gasteiger partial charge is 0.491 e. The molecule has 2 rings (SSSR count). The van der Waals surface area contributed by atoms with Crippen molar-refractivity contribution < 1.29 is 4.74 Å². The molecule has 21 heavy (non-hydrogen) atoms. The average molecular weight is 304 g/mol. The van der Waals surface area contributed by atoms with E-state index in [1.54, 1.807) is 0 Å². The summed E-state index contributed by atoms with van der Waals surface area (Å²) in [4.78, 5) is 0. The summed E-state index contributed by atoms with van der Waals surface area (Å²) in [6.07, 6.45) is 0.174. The molecule has 2 nitrogen and oxygen atoms in total. The second kappa shape index (κ2) is 7.48. The van der Waals surface area contributed by atoms with Crippen LogP contribution >= 0.6 is 11.6 Å². The predicted molar refractivity (Wildman–Crippen MR) is 89.2 cm³/mol. The minimum Gasteiger partial charge on any atom is -0.491 e. The van der Waals surface area contributed by atoms with E-state index >= 15 is 0 Å². The summed E-state index contributed by atoms with van der Waals surface area (Å²) in [6, 6.07) is 16.4. The van der Waals surface area contributed by atoms with Crippen molar-refractivity contribution in [1.29, 1.82) is 0 Å². The van der Waals surface area contributed by atoms with Crippen LogP contribution in [0.2, 0.25) is 5.02 Å². The molecule has 3 heteroatoms. The lowest BCUT2D eigenvalue weighted by atomic mass is 9.98. The van der Waals surface area contributed by atoms with Crippen molar-refractivity contribution in [3.63, 3.8) is 0 Å². The van der Waals surface area contributed by atoms with Gasteiger partial charge in [0.25, 0.3) is 0 Å². The summed E-state index contributed by atoms with van der Waals surface area (Å²) in [5, 5.41) is 4.27. The topological polar surface area (TPSA) is 21.3 Å². The molecule has 0 aliphatic carbocycles. The van der Waals surface area contributed by atoms with Gasteiger partial charge in [-0.25, -0.2) is 0 Å². The number of benzene rings is 2. The molecule has 0 amide bonds. The first-order valence-electron chi connectivity index (χ1n) is 7.35. The minimum atomic E-state index is 0.142. The molecular weight excluding hydrogens is 282 g/mol. The van der Waals surface area contributed by atoms with Gasteiger partial charge in [-0.1, -0.05) is 42.8 Å². The molecule has 2 aromatic carbocycles. The first kappa shape index (κ1) is 15.9. The SMILES string of the molecule is CCNC(c1ccc(Cl)cc1)c1cccc(OC(C)C)c1. The van der Waals surface area contributed by atoms with Crippen LogP contribution in [0.1, 0.15) is 37.9 Å². The number of nitrogens with one attached hydrogen (secondary N) is 1. The maximum atomic E-state index is 5.98. The summed E-state index contributed by atoms with van der Waals surface area (Å²) in [5.41, 5.74) is 2.39. The summed E-state index contributed by atoms with van der Waals surface area (Å²) >= 11 is 5.98. The standard InChI is InChI=1S/C18H22ClNO/c1-4-20-18(14-8-10-16(19)11-9-14)15-6-5-7-17(12-15)21-13(2)3/h5-13,18,20H,4H2,1-3H3. The third-order valence-electron chi connectivity index (χ3n) is 3.17. The number of hydrogen-bond acceptors (Lipinski definition) is 2. The zero-order valence-corrected chi connectivity index (χ0v) is 13.5. The molecule has 1 atom stereocenters. The van der Waals surface area contributed by atoms with E-state index in [1.807, 2.05) is 38.1 Å². The molecule has 0 heterocycles. The van der Waals surface area contributed by atoms with Crippen LogP contribution in [-0.4, -0.2) is 12.6 Å². The second-order valence-corrected chi connectivity index (χ2v) is 5.72. The van der Waals surface area contributed by atoms with E-state index < -0.39 is 0 Å². The van der Waals surface area contributed by atoms with E-state index in [-0.39, 0.29) is 12.1 Å². The molecule has 0 aliphatic rings. The predicted octanol–water partition coefficient (Wildman–Crippen LogP) is 4.83. The Bertz CT molecular complexity index is 566. The van der Waals surface area contributed by atoms with Crippen LogP contribution in [-0.2, 0) is 0 Å². The van der Waals surface area contributed by atoms with Crippen molar-refractivity contribution >= 4 is 11.6 Å². The summed E-state index contributed by atoms with van der Waals surface area (Å²) in [6.45, 7) is 7.07. The smallest absolute Gasteiger partial charge is 0.120 e. The quantitative estimate of drug-likeness (QED) is 0.825. The van der Waals surface area contributed by atoms with Crippen LogP contribution in [0.3, 0.4) is 0 Å². The molecule has 0 aliphatic heterocycles. The number of rotatable bonds is 6. The molecule has 0 bridgehead atoms. The Morgan fingerprint density at radius 3 is 2.38 bits per heavy atom. The summed E-state index contributed by atoms with van der Waals surface area (Å²) < 4.78 is 5.79. The molecule has 0 radical (unpaired) electrons. The zero-order valence-electron chi connectivity index (χ0n) is 12.8. The maximum absolute atomic E-state index is 5.98. The first-order chi connectivity index (χ1) is 10.1. The van der Waals surface area contributed by atoms with Crippen molar-refractivity contribution in [3.05, 3.63) is 64.7 Å². The molecule has 1 unspecified atom stereocenters. The Balaban J connectivity index is 2.31. The average Bonchev–Trinajstić information content (AvgIpc) is 2.45. The van der Waals surface area contributed by atoms with Gasteiger partial charge in [-0.15, -0.1) is 0 Å². The highest BCUT2D eigenvalue weighted by atomic mass is 35.5. The summed E-state index contributed by atoms with van der Waals surface area (Å²) in [7, 11) is 0. The fraction of sp³-hybridized carbons (Fsp3) is 0.333. The van der Waals surface area contributed by atoms with E-state index in [0.29, 0.717) is 0 Å². The van der Waals surface area contributed by atoms with E-state index in [2.05, 4.69) is 36.5 Å². The highest BCUT2D eigenvalue weighted by Gasteiger charge is 2.13. The van der Waals surface area contributed by atoms with Gasteiger partial charge in [-0.2, -0.15) is 0 Å². The Morgan fingerprint density at radius 1 is 1.05 bits per heavy atom. The monoisotopic (exact) mass is 303 g/mol. The van der Waals surface area contributed by atoms with Crippen LogP contribution < -0.4 is 10.1 Å². The normalized spacial score (nSPS) is 12.4. The Morgan fingerprint density at radius 2 is 1.76 bits per heavy atom. The number of hydrogen-bond donors (Lipinski definition) is 1. The van der Waals surface area contributed by atoms with E-state index in [1.165, 1.54) is 11.1 Å². The molecule has 0 spiro atoms. The van der Waals surface area contributed by atoms with Crippen molar-refractivity contribution in [2.24, 2.45) is 0 Å². The van der Waals surface area contributed by atoms with Gasteiger partial charge in [-0.3, -0.25) is 0 Å². The molecule has 0 saturated heterocycles. The highest BCUT2D eigenvalue weighted by Crippen LogP contribution is 2.26. The van der Waals surface area contributed by atoms with Gasteiger partial charge >= 0.3 is 0 Å². The van der Waals surface area contributed by atoms with Crippen LogP contribution in [0.5, 0.6) is 5.75 Å². The fourth-order valence-corrected chi connectivity index (χ4v) is 2.45.